The molecule has 1 saturated heterocycles. The van der Waals surface area contributed by atoms with Gasteiger partial charge in [-0.05, 0) is 54.9 Å². The van der Waals surface area contributed by atoms with Gasteiger partial charge in [0.25, 0.3) is 0 Å². The van der Waals surface area contributed by atoms with Crippen molar-refractivity contribution in [1.29, 1.82) is 0 Å². The van der Waals surface area contributed by atoms with Gasteiger partial charge in [0.15, 0.2) is 0 Å². The second-order valence-corrected chi connectivity index (χ2v) is 9.04. The summed E-state index contributed by atoms with van der Waals surface area (Å²) in [7, 11) is -3.73. The highest BCUT2D eigenvalue weighted by Gasteiger charge is 2.38. The SMILES string of the molecule is Cc1ccc(F)cc1S(=O)(=O)N1CCC(CO)(Cc2ccccc2)CC1. The van der Waals surface area contributed by atoms with Crippen LogP contribution in [0.25, 0.3) is 0 Å². The molecule has 0 aliphatic carbocycles. The van der Waals surface area contributed by atoms with Crippen molar-refractivity contribution in [3.8, 4) is 0 Å². The summed E-state index contributed by atoms with van der Waals surface area (Å²) >= 11 is 0. The van der Waals surface area contributed by atoms with Crippen LogP contribution in [0, 0.1) is 18.2 Å². The van der Waals surface area contributed by atoms with Gasteiger partial charge >= 0.3 is 0 Å². The number of aliphatic hydroxyl groups excluding tert-OH is 1. The summed E-state index contributed by atoms with van der Waals surface area (Å²) in [6.07, 6.45) is 1.87. The minimum absolute atomic E-state index is 0.0226. The second-order valence-electron chi connectivity index (χ2n) is 7.13. The molecule has 0 radical (unpaired) electrons. The molecule has 0 atom stereocenters. The van der Waals surface area contributed by atoms with Gasteiger partial charge in [-0.25, -0.2) is 12.8 Å². The standard InChI is InChI=1S/C20H24FNO3S/c1-16-7-8-18(21)13-19(16)26(24,25)22-11-9-20(15-23,10-12-22)14-17-5-3-2-4-6-17/h2-8,13,23H,9-12,14-15H2,1H3. The maximum Gasteiger partial charge on any atom is 0.243 e. The van der Waals surface area contributed by atoms with E-state index in [1.807, 2.05) is 30.3 Å². The van der Waals surface area contributed by atoms with Crippen molar-refractivity contribution in [2.45, 2.75) is 31.1 Å². The molecular weight excluding hydrogens is 353 g/mol. The van der Waals surface area contributed by atoms with Gasteiger partial charge in [0.1, 0.15) is 5.82 Å². The molecule has 0 bridgehead atoms. The number of hydrogen-bond donors (Lipinski definition) is 1. The van der Waals surface area contributed by atoms with Gasteiger partial charge in [-0.1, -0.05) is 36.4 Å². The molecule has 1 heterocycles. The Morgan fingerprint density at radius 3 is 2.38 bits per heavy atom. The first-order chi connectivity index (χ1) is 12.4. The fraction of sp³-hybridized carbons (Fsp3) is 0.400. The molecule has 2 aromatic rings. The number of hydrogen-bond acceptors (Lipinski definition) is 3. The van der Waals surface area contributed by atoms with Gasteiger partial charge < -0.3 is 5.11 Å². The molecule has 1 fully saturated rings. The third-order valence-electron chi connectivity index (χ3n) is 5.31. The lowest BCUT2D eigenvalue weighted by molar-refractivity contribution is 0.0684. The van der Waals surface area contributed by atoms with Crippen LogP contribution < -0.4 is 0 Å². The zero-order valence-corrected chi connectivity index (χ0v) is 15.7. The summed E-state index contributed by atoms with van der Waals surface area (Å²) in [6, 6.07) is 13.8. The summed E-state index contributed by atoms with van der Waals surface area (Å²) < 4.78 is 40.8. The maximum absolute atomic E-state index is 13.5. The van der Waals surface area contributed by atoms with E-state index in [0.717, 1.165) is 18.1 Å². The minimum Gasteiger partial charge on any atom is -0.396 e. The van der Waals surface area contributed by atoms with Crippen LogP contribution in [-0.2, 0) is 16.4 Å². The number of aliphatic hydroxyl groups is 1. The number of sulfonamides is 1. The van der Waals surface area contributed by atoms with Crippen LogP contribution in [0.5, 0.6) is 0 Å². The number of piperidine rings is 1. The van der Waals surface area contributed by atoms with Crippen molar-refractivity contribution in [3.63, 3.8) is 0 Å². The maximum atomic E-state index is 13.5. The largest absolute Gasteiger partial charge is 0.396 e. The van der Waals surface area contributed by atoms with E-state index in [4.69, 9.17) is 0 Å². The average molecular weight is 377 g/mol. The van der Waals surface area contributed by atoms with Gasteiger partial charge in [-0.15, -0.1) is 0 Å². The number of aryl methyl sites for hydroxylation is 1. The predicted molar refractivity (Wildman–Crippen MR) is 98.8 cm³/mol. The normalized spacial score (nSPS) is 18.0. The van der Waals surface area contributed by atoms with Crippen molar-refractivity contribution < 1.29 is 17.9 Å². The van der Waals surface area contributed by atoms with E-state index in [-0.39, 0.29) is 16.9 Å². The molecular formula is C20H24FNO3S. The second kappa shape index (κ2) is 7.47. The Hall–Kier alpha value is -1.76. The highest BCUT2D eigenvalue weighted by atomic mass is 32.2. The Morgan fingerprint density at radius 2 is 1.77 bits per heavy atom. The lowest BCUT2D eigenvalue weighted by atomic mass is 9.75. The third kappa shape index (κ3) is 3.82. The lowest BCUT2D eigenvalue weighted by Gasteiger charge is -2.40. The first kappa shape index (κ1) is 19.0. The van der Waals surface area contributed by atoms with E-state index in [1.165, 1.54) is 16.4 Å². The third-order valence-corrected chi connectivity index (χ3v) is 7.35. The minimum atomic E-state index is -3.73. The van der Waals surface area contributed by atoms with Crippen molar-refractivity contribution in [2.75, 3.05) is 19.7 Å². The lowest BCUT2D eigenvalue weighted by Crippen LogP contribution is -2.45. The van der Waals surface area contributed by atoms with E-state index in [0.29, 0.717) is 31.5 Å². The summed E-state index contributed by atoms with van der Waals surface area (Å²) in [5.74, 6) is -0.556. The molecule has 1 N–H and O–H groups in total. The first-order valence-electron chi connectivity index (χ1n) is 8.77. The molecule has 1 aliphatic rings. The smallest absolute Gasteiger partial charge is 0.243 e. The van der Waals surface area contributed by atoms with Crippen molar-refractivity contribution >= 4 is 10.0 Å². The van der Waals surface area contributed by atoms with Gasteiger partial charge in [0.2, 0.25) is 10.0 Å². The van der Waals surface area contributed by atoms with Crippen LogP contribution in [0.4, 0.5) is 4.39 Å². The zero-order valence-electron chi connectivity index (χ0n) is 14.9. The van der Waals surface area contributed by atoms with Gasteiger partial charge in [-0.2, -0.15) is 4.31 Å². The summed E-state index contributed by atoms with van der Waals surface area (Å²) in [6.45, 7) is 2.34. The molecule has 4 nitrogen and oxygen atoms in total. The van der Waals surface area contributed by atoms with Crippen LogP contribution >= 0.6 is 0 Å². The van der Waals surface area contributed by atoms with Crippen molar-refractivity contribution in [2.24, 2.45) is 5.41 Å². The van der Waals surface area contributed by atoms with Crippen LogP contribution in [0.15, 0.2) is 53.4 Å². The number of rotatable bonds is 5. The van der Waals surface area contributed by atoms with Crippen LogP contribution in [0.1, 0.15) is 24.0 Å². The van der Waals surface area contributed by atoms with E-state index in [1.54, 1.807) is 6.92 Å². The Bertz CT molecular complexity index is 860. The molecule has 140 valence electrons. The number of benzene rings is 2. The highest BCUT2D eigenvalue weighted by Crippen LogP contribution is 2.36. The Morgan fingerprint density at radius 1 is 1.12 bits per heavy atom. The summed E-state index contributed by atoms with van der Waals surface area (Å²) in [4.78, 5) is 0.0251. The van der Waals surface area contributed by atoms with Crippen molar-refractivity contribution in [3.05, 3.63) is 65.5 Å². The van der Waals surface area contributed by atoms with E-state index < -0.39 is 15.8 Å². The average Bonchev–Trinajstić information content (AvgIpc) is 2.65. The number of halogens is 1. The van der Waals surface area contributed by atoms with Crippen LogP contribution in [0.2, 0.25) is 0 Å². The monoisotopic (exact) mass is 377 g/mol. The van der Waals surface area contributed by atoms with Gasteiger partial charge in [0.05, 0.1) is 4.90 Å². The molecule has 2 aromatic carbocycles. The Labute approximate surface area is 154 Å². The van der Waals surface area contributed by atoms with E-state index in [2.05, 4.69) is 0 Å². The predicted octanol–water partition coefficient (Wildman–Crippen LogP) is 3.14. The van der Waals surface area contributed by atoms with Gasteiger partial charge in [-0.3, -0.25) is 0 Å². The van der Waals surface area contributed by atoms with Gasteiger partial charge in [0, 0.05) is 19.7 Å². The molecule has 0 amide bonds. The molecule has 3 rings (SSSR count). The molecule has 0 unspecified atom stereocenters. The summed E-state index contributed by atoms with van der Waals surface area (Å²) in [5.41, 5.74) is 1.36. The topological polar surface area (TPSA) is 57.6 Å². The molecule has 0 aromatic heterocycles. The molecule has 0 spiro atoms. The fourth-order valence-electron chi connectivity index (χ4n) is 3.61. The highest BCUT2D eigenvalue weighted by molar-refractivity contribution is 7.89. The van der Waals surface area contributed by atoms with Crippen LogP contribution in [0.3, 0.4) is 0 Å². The first-order valence-corrected chi connectivity index (χ1v) is 10.2. The van der Waals surface area contributed by atoms with Crippen molar-refractivity contribution in [1.82, 2.24) is 4.31 Å². The van der Waals surface area contributed by atoms with E-state index in [9.17, 15) is 17.9 Å². The van der Waals surface area contributed by atoms with E-state index >= 15 is 0 Å². The Kier molecular flexibility index (Phi) is 5.46. The summed E-state index contributed by atoms with van der Waals surface area (Å²) in [5, 5.41) is 9.97. The quantitative estimate of drug-likeness (QED) is 0.871. The number of nitrogens with zero attached hydrogens (tertiary/aromatic N) is 1. The molecule has 6 heteroatoms. The molecule has 26 heavy (non-hydrogen) atoms. The van der Waals surface area contributed by atoms with Crippen LogP contribution in [-0.4, -0.2) is 37.5 Å². The molecule has 0 saturated carbocycles. The fourth-order valence-corrected chi connectivity index (χ4v) is 5.29. The molecule has 1 aliphatic heterocycles. The Balaban J connectivity index is 1.77. The zero-order chi connectivity index (χ0) is 18.8.